The molecule has 0 bridgehead atoms. The van der Waals surface area contributed by atoms with E-state index in [1.54, 1.807) is 30.3 Å². The van der Waals surface area contributed by atoms with E-state index in [4.69, 9.17) is 16.2 Å². The lowest BCUT2D eigenvalue weighted by atomic mass is 10.2. The standard InChI is InChI=1S/C7H8O3S.C5H11Cl/c8-11(9,10)6-7-4-2-1-3-5-7;1-2-3-4-5-6/h1-5H,6H2,(H,8,9,10);2-5H2,1H3. The average molecular weight is 279 g/mol. The van der Waals surface area contributed by atoms with Crippen LogP contribution in [0.15, 0.2) is 30.3 Å². The molecule has 1 aromatic rings. The maximum Gasteiger partial charge on any atom is 0.269 e. The molecule has 1 rings (SSSR count). The zero-order valence-electron chi connectivity index (χ0n) is 9.97. The van der Waals surface area contributed by atoms with Crippen molar-refractivity contribution in [3.63, 3.8) is 0 Å². The predicted molar refractivity (Wildman–Crippen MR) is 71.9 cm³/mol. The van der Waals surface area contributed by atoms with Gasteiger partial charge < -0.3 is 0 Å². The number of halogens is 1. The highest BCUT2D eigenvalue weighted by molar-refractivity contribution is 7.85. The zero-order chi connectivity index (χ0) is 13.1. The fraction of sp³-hybridized carbons (Fsp3) is 0.500. The molecule has 0 aromatic heterocycles. The third-order valence-corrected chi connectivity index (χ3v) is 2.89. The van der Waals surface area contributed by atoms with Gasteiger partial charge in [0.2, 0.25) is 0 Å². The summed E-state index contributed by atoms with van der Waals surface area (Å²) in [4.78, 5) is 0. The van der Waals surface area contributed by atoms with E-state index in [1.165, 1.54) is 19.3 Å². The van der Waals surface area contributed by atoms with Crippen LogP contribution >= 0.6 is 11.6 Å². The monoisotopic (exact) mass is 278 g/mol. The Labute approximate surface area is 109 Å². The Morgan fingerprint density at radius 2 is 1.76 bits per heavy atom. The first-order chi connectivity index (χ1) is 7.99. The largest absolute Gasteiger partial charge is 0.285 e. The van der Waals surface area contributed by atoms with Gasteiger partial charge in [0.1, 0.15) is 5.75 Å². The summed E-state index contributed by atoms with van der Waals surface area (Å²) < 4.78 is 29.2. The lowest BCUT2D eigenvalue weighted by Crippen LogP contribution is -2.00. The van der Waals surface area contributed by atoms with Crippen molar-refractivity contribution in [1.82, 2.24) is 0 Å². The molecule has 0 spiro atoms. The van der Waals surface area contributed by atoms with Gasteiger partial charge in [-0.2, -0.15) is 8.42 Å². The highest BCUT2D eigenvalue weighted by Crippen LogP contribution is 2.02. The minimum absolute atomic E-state index is 0.312. The van der Waals surface area contributed by atoms with E-state index in [-0.39, 0.29) is 5.75 Å². The van der Waals surface area contributed by atoms with Crippen LogP contribution in [0.25, 0.3) is 0 Å². The van der Waals surface area contributed by atoms with Crippen LogP contribution in [0.2, 0.25) is 0 Å². The van der Waals surface area contributed by atoms with Gasteiger partial charge in [-0.05, 0) is 12.0 Å². The molecule has 0 amide bonds. The molecular weight excluding hydrogens is 260 g/mol. The predicted octanol–water partition coefficient (Wildman–Crippen LogP) is 3.49. The first kappa shape index (κ1) is 16.4. The van der Waals surface area contributed by atoms with Crippen LogP contribution in [0.1, 0.15) is 31.7 Å². The maximum atomic E-state index is 10.4. The van der Waals surface area contributed by atoms with E-state index < -0.39 is 10.1 Å². The van der Waals surface area contributed by atoms with Crippen LogP contribution in [0.4, 0.5) is 0 Å². The summed E-state index contributed by atoms with van der Waals surface area (Å²) in [6, 6.07) is 8.52. The lowest BCUT2D eigenvalue weighted by Gasteiger charge is -1.95. The van der Waals surface area contributed by atoms with Crippen molar-refractivity contribution >= 4 is 21.7 Å². The minimum Gasteiger partial charge on any atom is -0.285 e. The Kier molecular flexibility index (Phi) is 9.13. The normalized spacial score (nSPS) is 10.5. The Morgan fingerprint density at radius 3 is 2.12 bits per heavy atom. The fourth-order valence-electron chi connectivity index (χ4n) is 1.13. The molecular formula is C12H19ClO3S. The summed E-state index contributed by atoms with van der Waals surface area (Å²) in [7, 11) is -3.88. The number of benzene rings is 1. The third-order valence-electron chi connectivity index (χ3n) is 1.93. The van der Waals surface area contributed by atoms with E-state index in [0.29, 0.717) is 5.56 Å². The maximum absolute atomic E-state index is 10.4. The van der Waals surface area contributed by atoms with Gasteiger partial charge in [0, 0.05) is 5.88 Å². The van der Waals surface area contributed by atoms with Crippen LogP contribution in [0, 0.1) is 0 Å². The van der Waals surface area contributed by atoms with Crippen molar-refractivity contribution in [2.75, 3.05) is 5.88 Å². The molecule has 0 unspecified atom stereocenters. The minimum atomic E-state index is -3.88. The molecule has 0 fully saturated rings. The second-order valence-electron chi connectivity index (χ2n) is 3.61. The van der Waals surface area contributed by atoms with Gasteiger partial charge >= 0.3 is 0 Å². The molecule has 0 aliphatic rings. The summed E-state index contributed by atoms with van der Waals surface area (Å²) in [6.45, 7) is 2.17. The van der Waals surface area contributed by atoms with Crippen molar-refractivity contribution < 1.29 is 13.0 Å². The molecule has 0 heterocycles. The van der Waals surface area contributed by atoms with Crippen molar-refractivity contribution in [3.05, 3.63) is 35.9 Å². The molecule has 0 aliphatic carbocycles. The summed E-state index contributed by atoms with van der Waals surface area (Å²) in [6.07, 6.45) is 3.73. The molecule has 17 heavy (non-hydrogen) atoms. The Hall–Kier alpha value is -0.580. The molecule has 0 saturated carbocycles. The fourth-order valence-corrected chi connectivity index (χ4v) is 1.93. The summed E-state index contributed by atoms with van der Waals surface area (Å²) in [5.74, 6) is 0.516. The quantitative estimate of drug-likeness (QED) is 0.510. The van der Waals surface area contributed by atoms with E-state index in [2.05, 4.69) is 6.92 Å². The van der Waals surface area contributed by atoms with E-state index in [1.807, 2.05) is 0 Å². The van der Waals surface area contributed by atoms with Crippen LogP contribution in [0.3, 0.4) is 0 Å². The Bertz CT molecular complexity index is 372. The number of unbranched alkanes of at least 4 members (excludes halogenated alkanes) is 2. The highest BCUT2D eigenvalue weighted by Gasteiger charge is 2.04. The van der Waals surface area contributed by atoms with Crippen molar-refractivity contribution in [3.8, 4) is 0 Å². The molecule has 3 nitrogen and oxygen atoms in total. The number of hydrogen-bond acceptors (Lipinski definition) is 2. The van der Waals surface area contributed by atoms with Gasteiger partial charge in [-0.25, -0.2) is 0 Å². The van der Waals surface area contributed by atoms with E-state index in [0.717, 1.165) is 5.88 Å². The zero-order valence-corrected chi connectivity index (χ0v) is 11.5. The smallest absolute Gasteiger partial charge is 0.269 e. The average Bonchev–Trinajstić information content (AvgIpc) is 2.26. The summed E-state index contributed by atoms with van der Waals surface area (Å²) >= 11 is 5.38. The van der Waals surface area contributed by atoms with Crippen LogP contribution < -0.4 is 0 Å². The van der Waals surface area contributed by atoms with Gasteiger partial charge in [-0.1, -0.05) is 50.1 Å². The molecule has 5 heteroatoms. The highest BCUT2D eigenvalue weighted by atomic mass is 35.5. The van der Waals surface area contributed by atoms with Crippen molar-refractivity contribution in [2.45, 2.75) is 31.9 Å². The Balaban J connectivity index is 0.000000366. The van der Waals surface area contributed by atoms with Gasteiger partial charge in [0.25, 0.3) is 10.1 Å². The van der Waals surface area contributed by atoms with E-state index in [9.17, 15) is 8.42 Å². The van der Waals surface area contributed by atoms with Gasteiger partial charge in [0.05, 0.1) is 0 Å². The first-order valence-corrected chi connectivity index (χ1v) is 7.69. The number of rotatable bonds is 5. The van der Waals surface area contributed by atoms with Gasteiger partial charge in [-0.3, -0.25) is 4.55 Å². The first-order valence-electron chi connectivity index (χ1n) is 5.54. The SMILES string of the molecule is CCCCCCl.O=S(=O)(O)Cc1ccccc1. The second-order valence-corrected chi connectivity index (χ2v) is 5.44. The molecule has 0 atom stereocenters. The van der Waals surface area contributed by atoms with Crippen LogP contribution in [0.5, 0.6) is 0 Å². The van der Waals surface area contributed by atoms with Gasteiger partial charge in [0.15, 0.2) is 0 Å². The lowest BCUT2D eigenvalue weighted by molar-refractivity contribution is 0.482. The summed E-state index contributed by atoms with van der Waals surface area (Å²) in [5.41, 5.74) is 0.593. The van der Waals surface area contributed by atoms with Crippen LogP contribution in [-0.2, 0) is 15.9 Å². The topological polar surface area (TPSA) is 54.4 Å². The second kappa shape index (κ2) is 9.45. The Morgan fingerprint density at radius 1 is 1.18 bits per heavy atom. The molecule has 1 aromatic carbocycles. The number of alkyl halides is 1. The van der Waals surface area contributed by atoms with Crippen LogP contribution in [-0.4, -0.2) is 18.9 Å². The molecule has 0 saturated heterocycles. The molecule has 98 valence electrons. The molecule has 0 radical (unpaired) electrons. The van der Waals surface area contributed by atoms with E-state index >= 15 is 0 Å². The molecule has 1 N–H and O–H groups in total. The van der Waals surface area contributed by atoms with Crippen molar-refractivity contribution in [2.24, 2.45) is 0 Å². The summed E-state index contributed by atoms with van der Waals surface area (Å²) in [5, 5.41) is 0. The van der Waals surface area contributed by atoms with Crippen molar-refractivity contribution in [1.29, 1.82) is 0 Å². The third kappa shape index (κ3) is 11.7. The number of hydrogen-bond donors (Lipinski definition) is 1. The van der Waals surface area contributed by atoms with Gasteiger partial charge in [-0.15, -0.1) is 11.6 Å². The molecule has 0 aliphatic heterocycles.